The predicted octanol–water partition coefficient (Wildman–Crippen LogP) is -0.275. The number of hydrogen-bond acceptors (Lipinski definition) is 2. The van der Waals surface area contributed by atoms with Crippen LogP contribution in [0.5, 0.6) is 5.75 Å². The van der Waals surface area contributed by atoms with Crippen molar-refractivity contribution >= 4 is 5.91 Å². The molecule has 0 aliphatic carbocycles. The van der Waals surface area contributed by atoms with E-state index < -0.39 is 0 Å². The molecule has 27 heavy (non-hydrogen) atoms. The van der Waals surface area contributed by atoms with Crippen LogP contribution in [0.25, 0.3) is 0 Å². The molecular formula is C22H31N3O2+2. The van der Waals surface area contributed by atoms with Crippen molar-refractivity contribution in [2.75, 3.05) is 39.8 Å². The van der Waals surface area contributed by atoms with Crippen molar-refractivity contribution in [1.29, 1.82) is 0 Å². The van der Waals surface area contributed by atoms with Crippen LogP contribution in [-0.2, 0) is 4.79 Å². The van der Waals surface area contributed by atoms with Gasteiger partial charge in [0.25, 0.3) is 5.91 Å². The number of carbonyl (C=O) groups excluding carboxylic acids is 1. The van der Waals surface area contributed by atoms with E-state index in [4.69, 9.17) is 4.74 Å². The number of benzene rings is 2. The summed E-state index contributed by atoms with van der Waals surface area (Å²) >= 11 is 0. The fourth-order valence-electron chi connectivity index (χ4n) is 3.89. The summed E-state index contributed by atoms with van der Waals surface area (Å²) in [6.07, 6.45) is 0. The number of ether oxygens (including phenoxy) is 1. The van der Waals surface area contributed by atoms with E-state index in [1.54, 1.807) is 9.80 Å². The highest BCUT2D eigenvalue weighted by Crippen LogP contribution is 2.14. The first-order valence-electron chi connectivity index (χ1n) is 9.81. The molecule has 1 fully saturated rings. The Kier molecular flexibility index (Phi) is 6.85. The van der Waals surface area contributed by atoms with E-state index in [-0.39, 0.29) is 24.6 Å². The number of rotatable bonds is 7. The molecule has 0 unspecified atom stereocenters. The summed E-state index contributed by atoms with van der Waals surface area (Å²) in [5, 5.41) is 3.17. The molecule has 0 saturated carbocycles. The maximum Gasteiger partial charge on any atom is 0.258 e. The Morgan fingerprint density at radius 3 is 2.22 bits per heavy atom. The van der Waals surface area contributed by atoms with Gasteiger partial charge in [0.1, 0.15) is 38.0 Å². The molecule has 3 N–H and O–H groups in total. The molecule has 0 bridgehead atoms. The number of para-hydroxylation sites is 1. The third-order valence-corrected chi connectivity index (χ3v) is 5.35. The largest absolute Gasteiger partial charge is 0.484 e. The molecule has 5 nitrogen and oxygen atoms in total. The van der Waals surface area contributed by atoms with Crippen molar-refractivity contribution in [3.8, 4) is 5.75 Å². The molecular weight excluding hydrogens is 338 g/mol. The first-order chi connectivity index (χ1) is 13.1. The summed E-state index contributed by atoms with van der Waals surface area (Å²) < 4.78 is 5.59. The Labute approximate surface area is 161 Å². The van der Waals surface area contributed by atoms with E-state index in [1.807, 2.05) is 36.4 Å². The molecule has 1 heterocycles. The van der Waals surface area contributed by atoms with Crippen molar-refractivity contribution in [1.82, 2.24) is 5.32 Å². The Bertz CT molecular complexity index is 700. The van der Waals surface area contributed by atoms with Gasteiger partial charge in [0.15, 0.2) is 6.61 Å². The van der Waals surface area contributed by atoms with E-state index in [1.165, 1.54) is 5.56 Å². The van der Waals surface area contributed by atoms with Gasteiger partial charge in [-0.05, 0) is 19.1 Å². The van der Waals surface area contributed by atoms with Crippen LogP contribution in [0.1, 0.15) is 18.5 Å². The Morgan fingerprint density at radius 1 is 1.00 bits per heavy atom. The predicted molar refractivity (Wildman–Crippen MR) is 106 cm³/mol. The standard InChI is InChI=1S/C22H29N3O2/c1-18(23-21(26)17-27-20-11-7-4-8-12-20)22(19-9-5-3-6-10-19)25-15-13-24(2)14-16-25/h3-12,18,22H,13-17H2,1-2H3,(H,23,26)/p+2/t18-,22-/m0/s1. The monoisotopic (exact) mass is 369 g/mol. The van der Waals surface area contributed by atoms with Crippen LogP contribution in [-0.4, -0.2) is 51.8 Å². The topological polar surface area (TPSA) is 47.2 Å². The molecule has 2 atom stereocenters. The summed E-state index contributed by atoms with van der Waals surface area (Å²) in [5.41, 5.74) is 1.28. The number of likely N-dealkylation sites (N-methyl/N-ethyl adjacent to an activating group) is 1. The van der Waals surface area contributed by atoms with Gasteiger partial charge in [-0.3, -0.25) is 4.79 Å². The maximum atomic E-state index is 12.4. The second kappa shape index (κ2) is 9.53. The molecule has 0 aromatic heterocycles. The lowest BCUT2D eigenvalue weighted by atomic mass is 9.97. The average Bonchev–Trinajstić information content (AvgIpc) is 2.70. The van der Waals surface area contributed by atoms with Gasteiger partial charge in [0.2, 0.25) is 0 Å². The van der Waals surface area contributed by atoms with Gasteiger partial charge in [0, 0.05) is 5.56 Å². The number of carbonyl (C=O) groups is 1. The first kappa shape index (κ1) is 19.4. The lowest BCUT2D eigenvalue weighted by Crippen LogP contribution is -3.27. The van der Waals surface area contributed by atoms with Gasteiger partial charge in [-0.2, -0.15) is 0 Å². The fraction of sp³-hybridized carbons (Fsp3) is 0.409. The van der Waals surface area contributed by atoms with Gasteiger partial charge in [0.05, 0.1) is 13.1 Å². The lowest BCUT2D eigenvalue weighted by Gasteiger charge is -2.36. The van der Waals surface area contributed by atoms with Crippen LogP contribution in [0.15, 0.2) is 60.7 Å². The number of nitrogens with one attached hydrogen (secondary N) is 3. The quantitative estimate of drug-likeness (QED) is 0.629. The number of piperazine rings is 1. The third-order valence-electron chi connectivity index (χ3n) is 5.35. The molecule has 144 valence electrons. The second-order valence-electron chi connectivity index (χ2n) is 7.46. The summed E-state index contributed by atoms with van der Waals surface area (Å²) in [7, 11) is 2.25. The summed E-state index contributed by atoms with van der Waals surface area (Å²) in [6.45, 7) is 6.71. The first-order valence-corrected chi connectivity index (χ1v) is 9.81. The fourth-order valence-corrected chi connectivity index (χ4v) is 3.89. The number of amides is 1. The molecule has 3 rings (SSSR count). The van der Waals surface area contributed by atoms with Gasteiger partial charge in [-0.25, -0.2) is 0 Å². The minimum atomic E-state index is -0.0774. The van der Waals surface area contributed by atoms with E-state index >= 15 is 0 Å². The van der Waals surface area contributed by atoms with Crippen LogP contribution >= 0.6 is 0 Å². The van der Waals surface area contributed by atoms with Gasteiger partial charge in [-0.1, -0.05) is 48.5 Å². The summed E-state index contributed by atoms with van der Waals surface area (Å²) in [5.74, 6) is 0.638. The van der Waals surface area contributed by atoms with Crippen LogP contribution in [0.4, 0.5) is 0 Å². The number of quaternary nitrogens is 2. The van der Waals surface area contributed by atoms with E-state index in [2.05, 4.69) is 43.6 Å². The van der Waals surface area contributed by atoms with Gasteiger partial charge in [-0.15, -0.1) is 0 Å². The van der Waals surface area contributed by atoms with Crippen LogP contribution < -0.4 is 19.9 Å². The van der Waals surface area contributed by atoms with Crippen molar-refractivity contribution < 1.29 is 19.3 Å². The van der Waals surface area contributed by atoms with E-state index in [0.717, 1.165) is 26.2 Å². The Morgan fingerprint density at radius 2 is 1.59 bits per heavy atom. The van der Waals surface area contributed by atoms with Gasteiger partial charge >= 0.3 is 0 Å². The van der Waals surface area contributed by atoms with Gasteiger partial charge < -0.3 is 19.9 Å². The molecule has 1 saturated heterocycles. The average molecular weight is 370 g/mol. The lowest BCUT2D eigenvalue weighted by molar-refractivity contribution is -1.02. The van der Waals surface area contributed by atoms with Crippen molar-refractivity contribution in [3.63, 3.8) is 0 Å². The molecule has 5 heteroatoms. The highest BCUT2D eigenvalue weighted by molar-refractivity contribution is 5.77. The number of hydrogen-bond donors (Lipinski definition) is 3. The smallest absolute Gasteiger partial charge is 0.258 e. The molecule has 0 radical (unpaired) electrons. The molecule has 1 aliphatic rings. The van der Waals surface area contributed by atoms with E-state index in [0.29, 0.717) is 5.75 Å². The van der Waals surface area contributed by atoms with Crippen molar-refractivity contribution in [2.24, 2.45) is 0 Å². The Balaban J connectivity index is 1.63. The van der Waals surface area contributed by atoms with Crippen molar-refractivity contribution in [3.05, 3.63) is 66.2 Å². The highest BCUT2D eigenvalue weighted by atomic mass is 16.5. The molecule has 2 aromatic carbocycles. The zero-order chi connectivity index (χ0) is 19.1. The zero-order valence-electron chi connectivity index (χ0n) is 16.3. The highest BCUT2D eigenvalue weighted by Gasteiger charge is 2.34. The Hall–Kier alpha value is -2.37. The third kappa shape index (κ3) is 5.55. The minimum Gasteiger partial charge on any atom is -0.484 e. The van der Waals surface area contributed by atoms with Crippen molar-refractivity contribution in [2.45, 2.75) is 19.0 Å². The minimum absolute atomic E-state index is 0.0349. The molecule has 0 spiro atoms. The van der Waals surface area contributed by atoms with E-state index in [9.17, 15) is 4.79 Å². The molecule has 2 aromatic rings. The molecule has 1 amide bonds. The van der Waals surface area contributed by atoms with Crippen LogP contribution in [0.3, 0.4) is 0 Å². The summed E-state index contributed by atoms with van der Waals surface area (Å²) in [6, 6.07) is 20.3. The van der Waals surface area contributed by atoms with Crippen LogP contribution in [0, 0.1) is 0 Å². The maximum absolute atomic E-state index is 12.4. The summed E-state index contributed by atoms with van der Waals surface area (Å²) in [4.78, 5) is 15.6. The normalized spacial score (nSPS) is 21.9. The zero-order valence-corrected chi connectivity index (χ0v) is 16.3. The second-order valence-corrected chi connectivity index (χ2v) is 7.46. The molecule has 1 aliphatic heterocycles. The SMILES string of the molecule is C[C@H](NC(=O)COc1ccccc1)[C@@H](c1ccccc1)[NH+]1CC[NH+](C)CC1. The van der Waals surface area contributed by atoms with Crippen LogP contribution in [0.2, 0.25) is 0 Å².